The summed E-state index contributed by atoms with van der Waals surface area (Å²) in [5.74, 6) is 0.673. The molecule has 2 heterocycles. The molecule has 1 saturated heterocycles. The van der Waals surface area contributed by atoms with Gasteiger partial charge < -0.3 is 19.5 Å². The zero-order valence-corrected chi connectivity index (χ0v) is 11.5. The number of ether oxygens (including phenoxy) is 2. The Hall–Kier alpha value is -1.59. The van der Waals surface area contributed by atoms with Gasteiger partial charge in [-0.3, -0.25) is 4.79 Å². The lowest BCUT2D eigenvalue weighted by Gasteiger charge is -2.33. The van der Waals surface area contributed by atoms with E-state index in [9.17, 15) is 9.90 Å². The summed E-state index contributed by atoms with van der Waals surface area (Å²) in [5.41, 5.74) is 1.52. The lowest BCUT2D eigenvalue weighted by molar-refractivity contribution is -0.127. The molecule has 0 radical (unpaired) electrons. The molecule has 1 aromatic rings. The Balaban J connectivity index is 1.93. The predicted molar refractivity (Wildman–Crippen MR) is 73.9 cm³/mol. The normalized spacial score (nSPS) is 25.4. The lowest BCUT2D eigenvalue weighted by atomic mass is 9.98. The van der Waals surface area contributed by atoms with Crippen molar-refractivity contribution in [3.63, 3.8) is 0 Å². The first-order chi connectivity index (χ1) is 9.70. The fraction of sp³-hybridized carbons (Fsp3) is 0.533. The van der Waals surface area contributed by atoms with Gasteiger partial charge in [0, 0.05) is 24.8 Å². The molecule has 5 heteroatoms. The molecule has 0 spiro atoms. The molecule has 1 amide bonds. The number of hydrogen-bond donors (Lipinski definition) is 1. The summed E-state index contributed by atoms with van der Waals surface area (Å²) < 4.78 is 10.7. The highest BCUT2D eigenvalue weighted by atomic mass is 16.5. The van der Waals surface area contributed by atoms with Crippen LogP contribution in [-0.4, -0.2) is 37.4 Å². The topological polar surface area (TPSA) is 59.0 Å². The van der Waals surface area contributed by atoms with Gasteiger partial charge >= 0.3 is 0 Å². The smallest absolute Gasteiger partial charge is 0.256 e. The Morgan fingerprint density at radius 3 is 3.00 bits per heavy atom. The molecule has 2 aliphatic rings. The van der Waals surface area contributed by atoms with Gasteiger partial charge in [0.05, 0.1) is 18.9 Å². The van der Waals surface area contributed by atoms with E-state index < -0.39 is 6.10 Å². The highest BCUT2D eigenvalue weighted by Gasteiger charge is 2.33. The molecule has 108 valence electrons. The van der Waals surface area contributed by atoms with E-state index in [1.54, 1.807) is 12.0 Å². The van der Waals surface area contributed by atoms with Crippen molar-refractivity contribution >= 4 is 11.6 Å². The van der Waals surface area contributed by atoms with Crippen molar-refractivity contribution in [2.24, 2.45) is 0 Å². The lowest BCUT2D eigenvalue weighted by Crippen LogP contribution is -2.42. The molecule has 5 nitrogen and oxygen atoms in total. The standard InChI is InChI=1S/C15H19NO4/c1-19-10-4-5-11-12(9-10)16(7-6-13(11)17)15(18)14-3-2-8-20-14/h4-5,9,13-14,17H,2-3,6-8H2,1H3. The average Bonchev–Trinajstić information content (AvgIpc) is 3.01. The zero-order valence-electron chi connectivity index (χ0n) is 11.5. The molecular formula is C15H19NO4. The van der Waals surface area contributed by atoms with Gasteiger partial charge in [-0.2, -0.15) is 0 Å². The maximum atomic E-state index is 12.5. The number of aliphatic hydroxyl groups excluding tert-OH is 1. The monoisotopic (exact) mass is 277 g/mol. The summed E-state index contributed by atoms with van der Waals surface area (Å²) in [4.78, 5) is 14.3. The van der Waals surface area contributed by atoms with Crippen LogP contribution in [0, 0.1) is 0 Å². The van der Waals surface area contributed by atoms with Gasteiger partial charge in [0.15, 0.2) is 0 Å². The minimum absolute atomic E-state index is 0.0103. The van der Waals surface area contributed by atoms with E-state index >= 15 is 0 Å². The minimum atomic E-state index is -0.524. The Kier molecular flexibility index (Phi) is 3.63. The minimum Gasteiger partial charge on any atom is -0.497 e. The van der Waals surface area contributed by atoms with Crippen molar-refractivity contribution in [2.45, 2.75) is 31.5 Å². The van der Waals surface area contributed by atoms with Crippen molar-refractivity contribution in [1.82, 2.24) is 0 Å². The van der Waals surface area contributed by atoms with Crippen molar-refractivity contribution in [3.8, 4) is 5.75 Å². The number of carbonyl (C=O) groups is 1. The van der Waals surface area contributed by atoms with E-state index in [2.05, 4.69) is 0 Å². The van der Waals surface area contributed by atoms with E-state index in [-0.39, 0.29) is 12.0 Å². The summed E-state index contributed by atoms with van der Waals surface area (Å²) >= 11 is 0. The quantitative estimate of drug-likeness (QED) is 0.893. The number of fused-ring (bicyclic) bond motifs is 1. The highest BCUT2D eigenvalue weighted by molar-refractivity contribution is 5.98. The second-order valence-electron chi connectivity index (χ2n) is 5.22. The Bertz CT molecular complexity index is 511. The second kappa shape index (κ2) is 5.42. The third kappa shape index (κ3) is 2.27. The molecule has 0 saturated carbocycles. The van der Waals surface area contributed by atoms with Crippen LogP contribution >= 0.6 is 0 Å². The first kappa shape index (κ1) is 13.4. The number of methoxy groups -OCH3 is 1. The van der Waals surface area contributed by atoms with Crippen molar-refractivity contribution in [3.05, 3.63) is 23.8 Å². The van der Waals surface area contributed by atoms with E-state index in [0.29, 0.717) is 25.3 Å². The van der Waals surface area contributed by atoms with Crippen LogP contribution in [0.5, 0.6) is 5.75 Å². The molecule has 20 heavy (non-hydrogen) atoms. The van der Waals surface area contributed by atoms with Gasteiger partial charge in [-0.05, 0) is 25.3 Å². The van der Waals surface area contributed by atoms with Crippen LogP contribution in [0.25, 0.3) is 0 Å². The Morgan fingerprint density at radius 1 is 1.45 bits per heavy atom. The third-order valence-electron chi connectivity index (χ3n) is 3.98. The number of aliphatic hydroxyl groups is 1. The van der Waals surface area contributed by atoms with Gasteiger partial charge in [0.2, 0.25) is 0 Å². The van der Waals surface area contributed by atoms with Crippen LogP contribution in [0.2, 0.25) is 0 Å². The molecule has 1 aromatic carbocycles. The fourth-order valence-corrected chi connectivity index (χ4v) is 2.87. The van der Waals surface area contributed by atoms with E-state index in [4.69, 9.17) is 9.47 Å². The molecule has 0 aliphatic carbocycles. The van der Waals surface area contributed by atoms with Gasteiger partial charge in [0.25, 0.3) is 5.91 Å². The van der Waals surface area contributed by atoms with Crippen molar-refractivity contribution in [1.29, 1.82) is 0 Å². The molecule has 0 aromatic heterocycles. The van der Waals surface area contributed by atoms with Crippen LogP contribution in [-0.2, 0) is 9.53 Å². The van der Waals surface area contributed by atoms with E-state index in [1.807, 2.05) is 18.2 Å². The van der Waals surface area contributed by atoms with E-state index in [0.717, 1.165) is 24.1 Å². The average molecular weight is 277 g/mol. The van der Waals surface area contributed by atoms with E-state index in [1.165, 1.54) is 0 Å². The van der Waals surface area contributed by atoms with Gasteiger partial charge in [0.1, 0.15) is 11.9 Å². The number of benzene rings is 1. The predicted octanol–water partition coefficient (Wildman–Crippen LogP) is 1.64. The summed E-state index contributed by atoms with van der Waals surface area (Å²) in [6, 6.07) is 5.44. The number of anilines is 1. The first-order valence-corrected chi connectivity index (χ1v) is 6.99. The summed E-state index contributed by atoms with van der Waals surface area (Å²) in [6.07, 6.45) is 1.39. The number of rotatable bonds is 2. The molecule has 1 N–H and O–H groups in total. The number of amides is 1. The van der Waals surface area contributed by atoms with Crippen molar-refractivity contribution in [2.75, 3.05) is 25.2 Å². The van der Waals surface area contributed by atoms with Gasteiger partial charge in [-0.15, -0.1) is 0 Å². The second-order valence-corrected chi connectivity index (χ2v) is 5.22. The Labute approximate surface area is 118 Å². The largest absolute Gasteiger partial charge is 0.497 e. The number of hydrogen-bond acceptors (Lipinski definition) is 4. The first-order valence-electron chi connectivity index (χ1n) is 6.99. The Morgan fingerprint density at radius 2 is 2.30 bits per heavy atom. The molecule has 1 fully saturated rings. The molecule has 3 rings (SSSR count). The van der Waals surface area contributed by atoms with Crippen LogP contribution in [0.4, 0.5) is 5.69 Å². The summed E-state index contributed by atoms with van der Waals surface area (Å²) in [7, 11) is 1.59. The highest BCUT2D eigenvalue weighted by Crippen LogP contribution is 2.37. The molecule has 2 unspecified atom stereocenters. The number of carbonyl (C=O) groups excluding carboxylic acids is 1. The van der Waals surface area contributed by atoms with Gasteiger partial charge in [-0.25, -0.2) is 0 Å². The molecule has 2 atom stereocenters. The summed E-state index contributed by atoms with van der Waals surface area (Å²) in [6.45, 7) is 1.16. The van der Waals surface area contributed by atoms with Crippen LogP contribution < -0.4 is 9.64 Å². The zero-order chi connectivity index (χ0) is 14.1. The van der Waals surface area contributed by atoms with Crippen LogP contribution in [0.15, 0.2) is 18.2 Å². The third-order valence-corrected chi connectivity index (χ3v) is 3.98. The molecule has 2 aliphatic heterocycles. The van der Waals surface area contributed by atoms with Gasteiger partial charge in [-0.1, -0.05) is 6.07 Å². The molecular weight excluding hydrogens is 258 g/mol. The van der Waals surface area contributed by atoms with Crippen LogP contribution in [0.1, 0.15) is 30.9 Å². The van der Waals surface area contributed by atoms with Crippen LogP contribution in [0.3, 0.4) is 0 Å². The summed E-state index contributed by atoms with van der Waals surface area (Å²) in [5, 5.41) is 10.1. The molecule has 0 bridgehead atoms. The van der Waals surface area contributed by atoms with Crippen molar-refractivity contribution < 1.29 is 19.4 Å². The maximum absolute atomic E-state index is 12.5. The maximum Gasteiger partial charge on any atom is 0.256 e. The SMILES string of the molecule is COc1ccc2c(c1)N(C(=O)C1CCCO1)CCC2O. The fourth-order valence-electron chi connectivity index (χ4n) is 2.87. The number of nitrogens with zero attached hydrogens (tertiary/aromatic N) is 1.